The first-order valence-electron chi connectivity index (χ1n) is 11.4. The molecule has 0 spiro atoms. The van der Waals surface area contributed by atoms with Crippen LogP contribution in [0.3, 0.4) is 0 Å². The normalized spacial score (nSPS) is 11.0. The average Bonchev–Trinajstić information content (AvgIpc) is 3.37. The lowest BCUT2D eigenvalue weighted by atomic mass is 10.1. The number of amides is 1. The fraction of sp³-hybridized carbons (Fsp3) is 0.231. The predicted molar refractivity (Wildman–Crippen MR) is 142 cm³/mol. The van der Waals surface area contributed by atoms with E-state index < -0.39 is 5.82 Å². The Labute approximate surface area is 213 Å². The lowest BCUT2D eigenvalue weighted by Crippen LogP contribution is -2.29. The third-order valence-electron chi connectivity index (χ3n) is 5.64. The summed E-state index contributed by atoms with van der Waals surface area (Å²) in [5.74, 6) is -0.100. The highest BCUT2D eigenvalue weighted by Gasteiger charge is 2.17. The molecule has 0 aliphatic heterocycles. The number of carbonyl (C=O) groups excluding carboxylic acids is 1. The zero-order valence-electron chi connectivity index (χ0n) is 21.1. The number of nitrogens with zero attached hydrogens (tertiary/aromatic N) is 5. The molecule has 2 heterocycles. The molecular weight excluding hydrogens is 477 g/mol. The van der Waals surface area contributed by atoms with Gasteiger partial charge in [0.2, 0.25) is 11.9 Å². The van der Waals surface area contributed by atoms with Gasteiger partial charge < -0.3 is 29.6 Å². The summed E-state index contributed by atoms with van der Waals surface area (Å²) in [4.78, 5) is 29.1. The molecule has 0 unspecified atom stereocenters. The number of hydrogen-bond donors (Lipinski definition) is 2. The van der Waals surface area contributed by atoms with Crippen LogP contribution in [0.1, 0.15) is 0 Å². The Hall–Kier alpha value is -4.51. The van der Waals surface area contributed by atoms with Gasteiger partial charge in [-0.05, 0) is 44.4 Å². The Morgan fingerprint density at radius 2 is 1.97 bits per heavy atom. The van der Waals surface area contributed by atoms with Crippen LogP contribution in [-0.2, 0) is 4.79 Å². The smallest absolute Gasteiger partial charge is 0.247 e. The Morgan fingerprint density at radius 3 is 2.70 bits per heavy atom. The molecule has 4 rings (SSSR count). The van der Waals surface area contributed by atoms with Crippen molar-refractivity contribution in [2.75, 3.05) is 56.9 Å². The van der Waals surface area contributed by atoms with Gasteiger partial charge in [-0.3, -0.25) is 4.79 Å². The van der Waals surface area contributed by atoms with Gasteiger partial charge in [-0.1, -0.05) is 6.58 Å². The van der Waals surface area contributed by atoms with Gasteiger partial charge in [-0.2, -0.15) is 0 Å². The number of aromatic nitrogens is 3. The highest BCUT2D eigenvalue weighted by molar-refractivity contribution is 6.02. The van der Waals surface area contributed by atoms with Gasteiger partial charge in [-0.15, -0.1) is 0 Å². The maximum absolute atomic E-state index is 14.4. The number of hydrogen-bond acceptors (Lipinski definition) is 9. The highest BCUT2D eigenvalue weighted by atomic mass is 19.1. The van der Waals surface area contributed by atoms with Crippen molar-refractivity contribution in [2.45, 2.75) is 0 Å². The third kappa shape index (κ3) is 5.84. The van der Waals surface area contributed by atoms with Gasteiger partial charge >= 0.3 is 0 Å². The number of benzene rings is 2. The molecule has 1 amide bonds. The first-order chi connectivity index (χ1) is 17.8. The molecule has 0 bridgehead atoms. The molecule has 2 aromatic heterocycles. The molecule has 2 aromatic carbocycles. The Bertz CT molecular complexity index is 1440. The molecule has 4 aromatic rings. The van der Waals surface area contributed by atoms with Crippen molar-refractivity contribution in [1.29, 1.82) is 0 Å². The van der Waals surface area contributed by atoms with Gasteiger partial charge in [0.05, 0.1) is 29.9 Å². The Morgan fingerprint density at radius 1 is 1.16 bits per heavy atom. The number of ether oxygens (including phenoxy) is 1. The van der Waals surface area contributed by atoms with E-state index in [1.54, 1.807) is 31.5 Å². The molecule has 10 nitrogen and oxygen atoms in total. The third-order valence-corrected chi connectivity index (χ3v) is 5.64. The van der Waals surface area contributed by atoms with E-state index in [0.29, 0.717) is 33.9 Å². The largest absolute Gasteiger partial charge is 0.494 e. The summed E-state index contributed by atoms with van der Waals surface area (Å²) in [6.07, 6.45) is 3.96. The molecule has 37 heavy (non-hydrogen) atoms. The summed E-state index contributed by atoms with van der Waals surface area (Å²) >= 11 is 0. The summed E-state index contributed by atoms with van der Waals surface area (Å²) in [7, 11) is 7.48. The van der Waals surface area contributed by atoms with Crippen LogP contribution in [0.5, 0.6) is 5.75 Å². The minimum Gasteiger partial charge on any atom is -0.494 e. The molecule has 11 heteroatoms. The van der Waals surface area contributed by atoms with Crippen LogP contribution in [0.25, 0.3) is 22.4 Å². The quantitative estimate of drug-likeness (QED) is 0.305. The lowest BCUT2D eigenvalue weighted by Gasteiger charge is -2.26. The topological polar surface area (TPSA) is 109 Å². The molecular formula is C26H28FN7O3. The van der Waals surface area contributed by atoms with Gasteiger partial charge in [0.1, 0.15) is 11.3 Å². The fourth-order valence-corrected chi connectivity index (χ4v) is 3.68. The minimum atomic E-state index is -0.531. The summed E-state index contributed by atoms with van der Waals surface area (Å²) < 4.78 is 25.1. The number of rotatable bonds is 10. The lowest BCUT2D eigenvalue weighted by molar-refractivity contribution is -0.111. The summed E-state index contributed by atoms with van der Waals surface area (Å²) in [6.45, 7) is 5.08. The van der Waals surface area contributed by atoms with E-state index in [1.807, 2.05) is 32.1 Å². The van der Waals surface area contributed by atoms with Crippen molar-refractivity contribution in [3.63, 3.8) is 0 Å². The molecule has 0 atom stereocenters. The molecule has 0 aliphatic rings. The van der Waals surface area contributed by atoms with E-state index in [2.05, 4.69) is 37.1 Å². The number of nitrogens with one attached hydrogen (secondary N) is 2. The molecule has 2 N–H and O–H groups in total. The number of carbonyl (C=O) groups is 1. The van der Waals surface area contributed by atoms with E-state index in [-0.39, 0.29) is 17.4 Å². The number of halogens is 1. The predicted octanol–water partition coefficient (Wildman–Crippen LogP) is 4.30. The number of fused-ring (bicyclic) bond motifs is 1. The van der Waals surface area contributed by atoms with E-state index in [4.69, 9.17) is 9.15 Å². The number of methoxy groups -OCH3 is 1. The van der Waals surface area contributed by atoms with Crippen molar-refractivity contribution in [3.05, 3.63) is 61.4 Å². The molecule has 192 valence electrons. The Balaban J connectivity index is 1.69. The molecule has 0 aliphatic carbocycles. The maximum Gasteiger partial charge on any atom is 0.247 e. The van der Waals surface area contributed by atoms with Gasteiger partial charge in [0.15, 0.2) is 17.8 Å². The average molecular weight is 506 g/mol. The van der Waals surface area contributed by atoms with Crippen LogP contribution >= 0.6 is 0 Å². The molecule has 0 saturated heterocycles. The number of likely N-dealkylation sites (N-methyl/N-ethyl adjacent to an activating group) is 2. The highest BCUT2D eigenvalue weighted by Crippen LogP contribution is 2.38. The fourth-order valence-electron chi connectivity index (χ4n) is 3.68. The van der Waals surface area contributed by atoms with Gasteiger partial charge in [0.25, 0.3) is 0 Å². The summed E-state index contributed by atoms with van der Waals surface area (Å²) in [5, 5.41) is 6.01. The monoisotopic (exact) mass is 505 g/mol. The van der Waals surface area contributed by atoms with E-state index in [0.717, 1.165) is 18.8 Å². The van der Waals surface area contributed by atoms with Crippen LogP contribution in [0, 0.1) is 5.82 Å². The Kier molecular flexibility index (Phi) is 7.63. The van der Waals surface area contributed by atoms with Crippen LogP contribution in [0.4, 0.5) is 27.4 Å². The summed E-state index contributed by atoms with van der Waals surface area (Å²) in [5.41, 5.74) is 3.34. The van der Waals surface area contributed by atoms with E-state index in [1.165, 1.54) is 18.5 Å². The standard InChI is InChI=1S/C26H28FN7O3/c1-6-24(35)30-19-13-20(23(36-5)14-22(19)34(4)10-9-33(2)3)32-26-28-8-7-18(31-26)16-11-17(27)25-21(12-16)29-15-37-25/h6-8,11-15H,1,9-10H2,2-5H3,(H,30,35)(H,28,31,32). The van der Waals surface area contributed by atoms with Crippen LogP contribution in [-0.4, -0.2) is 67.1 Å². The van der Waals surface area contributed by atoms with Crippen molar-refractivity contribution < 1.29 is 18.3 Å². The zero-order valence-corrected chi connectivity index (χ0v) is 21.1. The van der Waals surface area contributed by atoms with Crippen molar-refractivity contribution in [2.24, 2.45) is 0 Å². The first kappa shape index (κ1) is 25.6. The van der Waals surface area contributed by atoms with Gasteiger partial charge in [-0.25, -0.2) is 19.3 Å². The zero-order chi connectivity index (χ0) is 26.5. The van der Waals surface area contributed by atoms with Crippen molar-refractivity contribution >= 4 is 40.0 Å². The molecule has 0 saturated carbocycles. The molecule has 0 radical (unpaired) electrons. The molecule has 0 fully saturated rings. The maximum atomic E-state index is 14.4. The van der Waals surface area contributed by atoms with Crippen molar-refractivity contribution in [3.8, 4) is 17.0 Å². The van der Waals surface area contributed by atoms with Crippen LogP contribution in [0.2, 0.25) is 0 Å². The SMILES string of the molecule is C=CC(=O)Nc1cc(Nc2nccc(-c3cc(F)c4ocnc4c3)n2)c(OC)cc1N(C)CCN(C)C. The number of oxazole rings is 1. The van der Waals surface area contributed by atoms with Crippen LogP contribution in [0.15, 0.2) is 60.0 Å². The van der Waals surface area contributed by atoms with Crippen LogP contribution < -0.4 is 20.3 Å². The van der Waals surface area contributed by atoms with Crippen molar-refractivity contribution in [1.82, 2.24) is 19.9 Å². The minimum absolute atomic E-state index is 0.0885. The van der Waals surface area contributed by atoms with Gasteiger partial charge in [0, 0.05) is 38.0 Å². The number of anilines is 4. The summed E-state index contributed by atoms with van der Waals surface area (Å²) in [6, 6.07) is 8.27. The second-order valence-electron chi connectivity index (χ2n) is 8.54. The first-order valence-corrected chi connectivity index (χ1v) is 11.4. The van der Waals surface area contributed by atoms with E-state index in [9.17, 15) is 9.18 Å². The second kappa shape index (κ2) is 11.0. The van der Waals surface area contributed by atoms with E-state index >= 15 is 0 Å². The second-order valence-corrected chi connectivity index (χ2v) is 8.54.